The highest BCUT2D eigenvalue weighted by Gasteiger charge is 2.36. The van der Waals surface area contributed by atoms with E-state index in [4.69, 9.17) is 14.0 Å². The van der Waals surface area contributed by atoms with Gasteiger partial charge in [0, 0.05) is 24.6 Å². The van der Waals surface area contributed by atoms with E-state index in [0.29, 0.717) is 41.9 Å². The van der Waals surface area contributed by atoms with Crippen LogP contribution >= 0.6 is 0 Å². The van der Waals surface area contributed by atoms with Crippen molar-refractivity contribution in [2.45, 2.75) is 19.3 Å². The molecule has 0 saturated carbocycles. The topological polar surface area (TPSA) is 77.7 Å². The number of carbonyl (C=O) groups is 1. The fraction of sp³-hybridized carbons (Fsp3) is 0.286. The summed E-state index contributed by atoms with van der Waals surface area (Å²) in [5.41, 5.74) is 2.72. The molecule has 4 rings (SSSR count). The molecule has 1 aromatic heterocycles. The third-order valence-corrected chi connectivity index (χ3v) is 4.87. The molecular weight excluding hydrogens is 358 g/mol. The van der Waals surface area contributed by atoms with Crippen molar-refractivity contribution in [1.82, 2.24) is 10.1 Å². The minimum absolute atomic E-state index is 0.0104. The zero-order chi connectivity index (χ0) is 19.7. The average molecular weight is 379 g/mol. The molecule has 7 nitrogen and oxygen atoms in total. The van der Waals surface area contributed by atoms with E-state index in [-0.39, 0.29) is 11.8 Å². The summed E-state index contributed by atoms with van der Waals surface area (Å²) in [5.74, 6) is 2.09. The highest BCUT2D eigenvalue weighted by molar-refractivity contribution is 5.97. The van der Waals surface area contributed by atoms with Gasteiger partial charge in [-0.05, 0) is 25.1 Å². The number of aromatic nitrogens is 2. The lowest BCUT2D eigenvalue weighted by Crippen LogP contribution is -2.24. The summed E-state index contributed by atoms with van der Waals surface area (Å²) < 4.78 is 16.1. The van der Waals surface area contributed by atoms with Gasteiger partial charge in [0.15, 0.2) is 0 Å². The van der Waals surface area contributed by atoms with Gasteiger partial charge < -0.3 is 18.9 Å². The molecule has 1 atom stereocenters. The molecule has 1 fully saturated rings. The molecule has 3 aromatic rings. The lowest BCUT2D eigenvalue weighted by molar-refractivity contribution is -0.117. The van der Waals surface area contributed by atoms with Gasteiger partial charge in [0.2, 0.25) is 17.6 Å². The number of rotatable bonds is 5. The summed E-state index contributed by atoms with van der Waals surface area (Å²) in [5, 5.41) is 4.09. The van der Waals surface area contributed by atoms with Crippen LogP contribution in [0.4, 0.5) is 5.69 Å². The zero-order valence-electron chi connectivity index (χ0n) is 16.0. The third kappa shape index (κ3) is 3.31. The SMILES string of the molecule is COc1ccc(N2C[C@H](c3nc(-c4cccc(C)c4)no3)CC2=O)c(OC)c1. The molecule has 2 aromatic carbocycles. The van der Waals surface area contributed by atoms with Gasteiger partial charge in [-0.3, -0.25) is 4.79 Å². The largest absolute Gasteiger partial charge is 0.497 e. The maximum Gasteiger partial charge on any atom is 0.232 e. The Morgan fingerprint density at radius 2 is 2.00 bits per heavy atom. The van der Waals surface area contributed by atoms with Crippen molar-refractivity contribution in [3.63, 3.8) is 0 Å². The predicted octanol–water partition coefficient (Wildman–Crippen LogP) is 3.58. The third-order valence-electron chi connectivity index (χ3n) is 4.87. The summed E-state index contributed by atoms with van der Waals surface area (Å²) >= 11 is 0. The minimum atomic E-state index is -0.162. The Hall–Kier alpha value is -3.35. The maximum atomic E-state index is 12.7. The molecule has 0 bridgehead atoms. The standard InChI is InChI=1S/C21H21N3O4/c1-13-5-4-6-14(9-13)20-22-21(28-23-20)15-10-19(25)24(12-15)17-8-7-16(26-2)11-18(17)27-3/h4-9,11,15H,10,12H2,1-3H3/t15-/m1/s1. The molecule has 1 aliphatic heterocycles. The van der Waals surface area contributed by atoms with Gasteiger partial charge in [-0.2, -0.15) is 4.98 Å². The van der Waals surface area contributed by atoms with Crippen molar-refractivity contribution in [1.29, 1.82) is 0 Å². The maximum absolute atomic E-state index is 12.7. The van der Waals surface area contributed by atoms with E-state index < -0.39 is 0 Å². The van der Waals surface area contributed by atoms with Crippen LogP contribution in [0.5, 0.6) is 11.5 Å². The normalized spacial score (nSPS) is 16.5. The number of amides is 1. The number of anilines is 1. The molecule has 1 amide bonds. The summed E-state index contributed by atoms with van der Waals surface area (Å²) in [6.07, 6.45) is 0.310. The van der Waals surface area contributed by atoms with Crippen LogP contribution in [0.25, 0.3) is 11.4 Å². The fourth-order valence-corrected chi connectivity index (χ4v) is 3.42. The van der Waals surface area contributed by atoms with Crippen molar-refractivity contribution in [2.75, 3.05) is 25.7 Å². The van der Waals surface area contributed by atoms with Crippen LogP contribution in [-0.2, 0) is 4.79 Å². The smallest absolute Gasteiger partial charge is 0.232 e. The van der Waals surface area contributed by atoms with Crippen molar-refractivity contribution in [3.8, 4) is 22.9 Å². The van der Waals surface area contributed by atoms with Gasteiger partial charge in [0.25, 0.3) is 0 Å². The van der Waals surface area contributed by atoms with Crippen LogP contribution in [0.1, 0.15) is 23.8 Å². The van der Waals surface area contributed by atoms with E-state index in [1.54, 1.807) is 31.3 Å². The number of nitrogens with zero attached hydrogens (tertiary/aromatic N) is 3. The summed E-state index contributed by atoms with van der Waals surface area (Å²) in [7, 11) is 3.16. The van der Waals surface area contributed by atoms with Crippen LogP contribution in [0.3, 0.4) is 0 Å². The molecule has 0 N–H and O–H groups in total. The van der Waals surface area contributed by atoms with Crippen molar-refractivity contribution in [3.05, 3.63) is 53.9 Å². The lowest BCUT2D eigenvalue weighted by atomic mass is 10.1. The number of ether oxygens (including phenoxy) is 2. The quantitative estimate of drug-likeness (QED) is 0.674. The molecule has 1 aliphatic rings. The highest BCUT2D eigenvalue weighted by Crippen LogP contribution is 2.38. The van der Waals surface area contributed by atoms with E-state index in [0.717, 1.165) is 11.1 Å². The number of benzene rings is 2. The fourth-order valence-electron chi connectivity index (χ4n) is 3.42. The van der Waals surface area contributed by atoms with Crippen LogP contribution in [0, 0.1) is 6.92 Å². The first-order chi connectivity index (χ1) is 13.6. The molecule has 28 heavy (non-hydrogen) atoms. The van der Waals surface area contributed by atoms with Crippen LogP contribution < -0.4 is 14.4 Å². The Bertz CT molecular complexity index is 1010. The van der Waals surface area contributed by atoms with Gasteiger partial charge >= 0.3 is 0 Å². The molecule has 1 saturated heterocycles. The Balaban J connectivity index is 1.57. The Morgan fingerprint density at radius 3 is 2.75 bits per heavy atom. The van der Waals surface area contributed by atoms with Crippen molar-refractivity contribution in [2.24, 2.45) is 0 Å². The molecule has 144 valence electrons. The predicted molar refractivity (Wildman–Crippen MR) is 104 cm³/mol. The number of aryl methyl sites for hydroxylation is 1. The van der Waals surface area contributed by atoms with Crippen molar-refractivity contribution < 1.29 is 18.8 Å². The Morgan fingerprint density at radius 1 is 1.14 bits per heavy atom. The highest BCUT2D eigenvalue weighted by atomic mass is 16.5. The van der Waals surface area contributed by atoms with Crippen LogP contribution in [-0.4, -0.2) is 36.8 Å². The van der Waals surface area contributed by atoms with Gasteiger partial charge in [-0.15, -0.1) is 0 Å². The van der Waals surface area contributed by atoms with E-state index >= 15 is 0 Å². The number of hydrogen-bond acceptors (Lipinski definition) is 6. The number of carbonyl (C=O) groups excluding carboxylic acids is 1. The van der Waals surface area contributed by atoms with Gasteiger partial charge in [0.05, 0.1) is 25.8 Å². The number of hydrogen-bond donors (Lipinski definition) is 0. The Kier molecular flexibility index (Phi) is 4.73. The molecule has 7 heteroatoms. The first-order valence-electron chi connectivity index (χ1n) is 9.02. The lowest BCUT2D eigenvalue weighted by Gasteiger charge is -2.19. The van der Waals surface area contributed by atoms with Crippen LogP contribution in [0.15, 0.2) is 47.0 Å². The zero-order valence-corrected chi connectivity index (χ0v) is 16.0. The van der Waals surface area contributed by atoms with E-state index in [1.165, 1.54) is 0 Å². The molecular formula is C21H21N3O4. The monoisotopic (exact) mass is 379 g/mol. The molecule has 0 unspecified atom stereocenters. The van der Waals surface area contributed by atoms with Gasteiger partial charge in [0.1, 0.15) is 11.5 Å². The van der Waals surface area contributed by atoms with E-state index in [1.807, 2.05) is 37.3 Å². The van der Waals surface area contributed by atoms with Gasteiger partial charge in [-0.1, -0.05) is 28.9 Å². The second kappa shape index (κ2) is 7.34. The molecule has 2 heterocycles. The molecule has 0 radical (unpaired) electrons. The Labute approximate surface area is 162 Å². The minimum Gasteiger partial charge on any atom is -0.497 e. The first-order valence-corrected chi connectivity index (χ1v) is 9.02. The second-order valence-corrected chi connectivity index (χ2v) is 6.77. The molecule has 0 aliphatic carbocycles. The number of methoxy groups -OCH3 is 2. The van der Waals surface area contributed by atoms with E-state index in [9.17, 15) is 4.79 Å². The second-order valence-electron chi connectivity index (χ2n) is 6.77. The summed E-state index contributed by atoms with van der Waals surface area (Å²) in [4.78, 5) is 18.9. The van der Waals surface area contributed by atoms with Gasteiger partial charge in [-0.25, -0.2) is 0 Å². The summed E-state index contributed by atoms with van der Waals surface area (Å²) in [6.45, 7) is 2.47. The summed E-state index contributed by atoms with van der Waals surface area (Å²) in [6, 6.07) is 13.3. The van der Waals surface area contributed by atoms with E-state index in [2.05, 4.69) is 10.1 Å². The average Bonchev–Trinajstić information content (AvgIpc) is 3.34. The van der Waals surface area contributed by atoms with Crippen molar-refractivity contribution >= 4 is 11.6 Å². The van der Waals surface area contributed by atoms with Crippen LogP contribution in [0.2, 0.25) is 0 Å². The first kappa shape index (κ1) is 18.0. The molecule has 0 spiro atoms.